The van der Waals surface area contributed by atoms with Gasteiger partial charge >= 0.3 is 0 Å². The first kappa shape index (κ1) is 16.8. The van der Waals surface area contributed by atoms with Crippen LogP contribution in [0.5, 0.6) is 0 Å². The molecule has 0 aliphatic rings. The summed E-state index contributed by atoms with van der Waals surface area (Å²) in [7, 11) is 1.82. The smallest absolute Gasteiger partial charge is 0.252 e. The molecule has 7 heteroatoms. The molecule has 0 fully saturated rings. The molecule has 0 saturated carbocycles. The van der Waals surface area contributed by atoms with E-state index in [1.165, 1.54) is 0 Å². The molecule has 1 N–H and O–H groups in total. The molecule has 3 heterocycles. The van der Waals surface area contributed by atoms with Crippen molar-refractivity contribution in [2.45, 2.75) is 6.54 Å². The van der Waals surface area contributed by atoms with Crippen molar-refractivity contribution in [2.75, 3.05) is 0 Å². The molecule has 0 spiro atoms. The summed E-state index contributed by atoms with van der Waals surface area (Å²) in [5.74, 6) is -0.156. The fraction of sp³-hybridized carbons (Fsp3) is 0.105. The number of rotatable bonds is 4. The molecule has 0 aliphatic carbocycles. The van der Waals surface area contributed by atoms with E-state index in [1.807, 2.05) is 54.2 Å². The number of halogens is 1. The maximum Gasteiger partial charge on any atom is 0.252 e. The van der Waals surface area contributed by atoms with Crippen molar-refractivity contribution in [3.8, 4) is 11.3 Å². The van der Waals surface area contributed by atoms with Gasteiger partial charge in [-0.15, -0.1) is 0 Å². The van der Waals surface area contributed by atoms with Gasteiger partial charge in [-0.1, -0.05) is 23.7 Å². The molecule has 3 aromatic heterocycles. The van der Waals surface area contributed by atoms with Gasteiger partial charge in [0.15, 0.2) is 5.65 Å². The zero-order valence-electron chi connectivity index (χ0n) is 13.9. The van der Waals surface area contributed by atoms with Crippen molar-refractivity contribution < 1.29 is 4.79 Å². The van der Waals surface area contributed by atoms with Gasteiger partial charge in [0.1, 0.15) is 0 Å². The lowest BCUT2D eigenvalue weighted by molar-refractivity contribution is 0.0952. The second kappa shape index (κ2) is 6.90. The SMILES string of the molecule is Cn1ncc2c(C(=O)NCc3ccc(Cl)cc3)cc(-c3ccsc3)nc21. The summed E-state index contributed by atoms with van der Waals surface area (Å²) in [6.07, 6.45) is 1.68. The number of nitrogens with zero attached hydrogens (tertiary/aromatic N) is 3. The average molecular weight is 383 g/mol. The predicted molar refractivity (Wildman–Crippen MR) is 104 cm³/mol. The van der Waals surface area contributed by atoms with Gasteiger partial charge < -0.3 is 5.32 Å². The van der Waals surface area contributed by atoms with E-state index in [1.54, 1.807) is 22.2 Å². The molecule has 26 heavy (non-hydrogen) atoms. The minimum Gasteiger partial charge on any atom is -0.348 e. The minimum atomic E-state index is -0.156. The number of hydrogen-bond acceptors (Lipinski definition) is 4. The number of carbonyl (C=O) groups is 1. The molecular weight excluding hydrogens is 368 g/mol. The van der Waals surface area contributed by atoms with Gasteiger partial charge in [0.05, 0.1) is 22.8 Å². The van der Waals surface area contributed by atoms with Crippen LogP contribution in [0.3, 0.4) is 0 Å². The van der Waals surface area contributed by atoms with Crippen molar-refractivity contribution in [2.24, 2.45) is 7.05 Å². The van der Waals surface area contributed by atoms with Gasteiger partial charge in [-0.2, -0.15) is 16.4 Å². The largest absolute Gasteiger partial charge is 0.348 e. The zero-order valence-corrected chi connectivity index (χ0v) is 15.5. The maximum absolute atomic E-state index is 12.8. The molecule has 0 radical (unpaired) electrons. The number of benzene rings is 1. The number of amides is 1. The fourth-order valence-electron chi connectivity index (χ4n) is 2.74. The maximum atomic E-state index is 12.8. The summed E-state index contributed by atoms with van der Waals surface area (Å²) in [6.45, 7) is 0.424. The molecule has 0 bridgehead atoms. The lowest BCUT2D eigenvalue weighted by Crippen LogP contribution is -2.23. The Balaban J connectivity index is 1.68. The Labute approximate surface area is 159 Å². The van der Waals surface area contributed by atoms with Crippen molar-refractivity contribution in [3.63, 3.8) is 0 Å². The van der Waals surface area contributed by atoms with Crippen LogP contribution in [0.15, 0.2) is 53.4 Å². The predicted octanol–water partition coefficient (Wildman–Crippen LogP) is 4.28. The van der Waals surface area contributed by atoms with Crippen LogP contribution in [0.4, 0.5) is 0 Å². The third-order valence-electron chi connectivity index (χ3n) is 4.13. The molecule has 1 amide bonds. The third kappa shape index (κ3) is 3.21. The lowest BCUT2D eigenvalue weighted by atomic mass is 10.1. The standard InChI is InChI=1S/C19H15ClN4OS/c1-24-18-16(10-22-24)15(8-17(23-18)13-6-7-26-11-13)19(25)21-9-12-2-4-14(20)5-3-12/h2-8,10-11H,9H2,1H3,(H,21,25). The summed E-state index contributed by atoms with van der Waals surface area (Å²) in [5.41, 5.74) is 3.99. The van der Waals surface area contributed by atoms with Crippen molar-refractivity contribution in [3.05, 3.63) is 69.5 Å². The summed E-state index contributed by atoms with van der Waals surface area (Å²) >= 11 is 7.50. The molecule has 0 atom stereocenters. The molecule has 1 aromatic carbocycles. The van der Waals surface area contributed by atoms with Crippen LogP contribution in [0.1, 0.15) is 15.9 Å². The van der Waals surface area contributed by atoms with Crippen LogP contribution in [0, 0.1) is 0 Å². The van der Waals surface area contributed by atoms with Gasteiger partial charge in [0.25, 0.3) is 5.91 Å². The van der Waals surface area contributed by atoms with E-state index in [0.29, 0.717) is 22.8 Å². The highest BCUT2D eigenvalue weighted by Crippen LogP contribution is 2.26. The quantitative estimate of drug-likeness (QED) is 0.573. The molecule has 0 unspecified atom stereocenters. The number of fused-ring (bicyclic) bond motifs is 1. The van der Waals surface area contributed by atoms with Gasteiger partial charge in [-0.05, 0) is 35.2 Å². The Morgan fingerprint density at radius 2 is 2.08 bits per heavy atom. The number of hydrogen-bond donors (Lipinski definition) is 1. The fourth-order valence-corrected chi connectivity index (χ4v) is 3.52. The third-order valence-corrected chi connectivity index (χ3v) is 5.07. The second-order valence-electron chi connectivity index (χ2n) is 5.88. The van der Waals surface area contributed by atoms with Gasteiger partial charge in [-0.3, -0.25) is 9.48 Å². The first-order valence-corrected chi connectivity index (χ1v) is 9.32. The highest BCUT2D eigenvalue weighted by Gasteiger charge is 2.16. The number of nitrogens with one attached hydrogen (secondary N) is 1. The summed E-state index contributed by atoms with van der Waals surface area (Å²) in [5, 5.41) is 12.6. The monoisotopic (exact) mass is 382 g/mol. The van der Waals surface area contributed by atoms with Crippen LogP contribution in [0.2, 0.25) is 5.02 Å². The van der Waals surface area contributed by atoms with E-state index < -0.39 is 0 Å². The average Bonchev–Trinajstić information content (AvgIpc) is 3.31. The van der Waals surface area contributed by atoms with Crippen LogP contribution < -0.4 is 5.32 Å². The summed E-state index contributed by atoms with van der Waals surface area (Å²) in [6, 6.07) is 11.2. The Kier molecular flexibility index (Phi) is 4.44. The lowest BCUT2D eigenvalue weighted by Gasteiger charge is -2.08. The number of carbonyl (C=O) groups excluding carboxylic acids is 1. The Bertz CT molecular complexity index is 1070. The van der Waals surface area contributed by atoms with Gasteiger partial charge in [0.2, 0.25) is 0 Å². The van der Waals surface area contributed by atoms with E-state index in [2.05, 4.69) is 15.4 Å². The van der Waals surface area contributed by atoms with Crippen LogP contribution >= 0.6 is 22.9 Å². The zero-order chi connectivity index (χ0) is 18.1. The van der Waals surface area contributed by atoms with Crippen LogP contribution in [-0.4, -0.2) is 20.7 Å². The van der Waals surface area contributed by atoms with E-state index in [-0.39, 0.29) is 5.91 Å². The number of pyridine rings is 1. The molecule has 0 aliphatic heterocycles. The van der Waals surface area contributed by atoms with Gasteiger partial charge in [0, 0.05) is 29.6 Å². The van der Waals surface area contributed by atoms with Gasteiger partial charge in [-0.25, -0.2) is 4.98 Å². The molecule has 4 rings (SSSR count). The molecule has 0 saturated heterocycles. The number of thiophene rings is 1. The number of aromatic nitrogens is 3. The molecule has 5 nitrogen and oxygen atoms in total. The van der Waals surface area contributed by atoms with E-state index in [0.717, 1.165) is 22.2 Å². The highest BCUT2D eigenvalue weighted by atomic mass is 35.5. The Morgan fingerprint density at radius 1 is 1.27 bits per heavy atom. The number of aryl methyl sites for hydroxylation is 1. The first-order valence-electron chi connectivity index (χ1n) is 8.00. The van der Waals surface area contributed by atoms with E-state index >= 15 is 0 Å². The summed E-state index contributed by atoms with van der Waals surface area (Å²) < 4.78 is 1.68. The first-order chi connectivity index (χ1) is 12.6. The van der Waals surface area contributed by atoms with Crippen molar-refractivity contribution in [1.29, 1.82) is 0 Å². The minimum absolute atomic E-state index is 0.156. The Hall–Kier alpha value is -2.70. The van der Waals surface area contributed by atoms with Crippen LogP contribution in [0.25, 0.3) is 22.3 Å². The van der Waals surface area contributed by atoms with Crippen molar-refractivity contribution in [1.82, 2.24) is 20.1 Å². The molecule has 4 aromatic rings. The Morgan fingerprint density at radius 3 is 2.81 bits per heavy atom. The highest BCUT2D eigenvalue weighted by molar-refractivity contribution is 7.08. The normalized spacial score (nSPS) is 11.0. The second-order valence-corrected chi connectivity index (χ2v) is 7.10. The van der Waals surface area contributed by atoms with Crippen LogP contribution in [-0.2, 0) is 13.6 Å². The molecular formula is C19H15ClN4OS. The van der Waals surface area contributed by atoms with Crippen molar-refractivity contribution >= 4 is 39.9 Å². The topological polar surface area (TPSA) is 59.8 Å². The molecule has 130 valence electrons. The van der Waals surface area contributed by atoms with E-state index in [9.17, 15) is 4.79 Å². The summed E-state index contributed by atoms with van der Waals surface area (Å²) in [4.78, 5) is 17.5. The van der Waals surface area contributed by atoms with E-state index in [4.69, 9.17) is 11.6 Å².